The molecule has 1 aliphatic rings. The van der Waals surface area contributed by atoms with Gasteiger partial charge in [0.05, 0.1) is 5.69 Å². The maximum Gasteiger partial charge on any atom is 0.573 e. The largest absolute Gasteiger partial charge is 0.573 e. The highest BCUT2D eigenvalue weighted by Gasteiger charge is 2.31. The number of carbonyl (C=O) groups excluding carboxylic acids is 1. The molecule has 0 radical (unpaired) electrons. The average Bonchev–Trinajstić information content (AvgIpc) is 3.25. The van der Waals surface area contributed by atoms with Crippen molar-refractivity contribution in [1.82, 2.24) is 10.2 Å². The third kappa shape index (κ3) is 5.99. The van der Waals surface area contributed by atoms with Crippen LogP contribution >= 0.6 is 0 Å². The van der Waals surface area contributed by atoms with E-state index in [1.807, 2.05) is 6.07 Å². The Balaban J connectivity index is 1.37. The third-order valence-electron chi connectivity index (χ3n) is 5.28. The monoisotopic (exact) mass is 464 g/mol. The van der Waals surface area contributed by atoms with Crippen LogP contribution in [0.1, 0.15) is 54.3 Å². The van der Waals surface area contributed by atoms with Gasteiger partial charge in [0.2, 0.25) is 0 Å². The lowest BCUT2D eigenvalue weighted by Gasteiger charge is -2.22. The minimum atomic E-state index is -4.79. The van der Waals surface area contributed by atoms with Gasteiger partial charge in [-0.3, -0.25) is 4.79 Å². The molecule has 3 aromatic rings. The molecule has 0 atom stereocenters. The van der Waals surface area contributed by atoms with Gasteiger partial charge in [0, 0.05) is 5.69 Å². The van der Waals surface area contributed by atoms with E-state index < -0.39 is 29.7 Å². The number of hydrogen-bond donors (Lipinski definition) is 2. The Morgan fingerprint density at radius 1 is 1.03 bits per heavy atom. The molecule has 1 amide bonds. The molecule has 1 heterocycles. The molecule has 1 aliphatic carbocycles. The van der Waals surface area contributed by atoms with Crippen molar-refractivity contribution in [2.45, 2.75) is 44.4 Å². The zero-order valence-corrected chi connectivity index (χ0v) is 17.3. The number of alkyl halides is 3. The zero-order valence-electron chi connectivity index (χ0n) is 17.3. The number of aromatic nitrogens is 2. The van der Waals surface area contributed by atoms with E-state index in [0.717, 1.165) is 43.4 Å². The minimum absolute atomic E-state index is 0.00692. The molecule has 1 saturated carbocycles. The van der Waals surface area contributed by atoms with Gasteiger partial charge in [-0.25, -0.2) is 4.39 Å². The van der Waals surface area contributed by atoms with E-state index in [-0.39, 0.29) is 11.7 Å². The van der Waals surface area contributed by atoms with E-state index in [1.165, 1.54) is 30.7 Å². The molecule has 11 heteroatoms. The molecule has 0 saturated heterocycles. The van der Waals surface area contributed by atoms with Crippen molar-refractivity contribution in [2.24, 2.45) is 0 Å². The van der Waals surface area contributed by atoms with Crippen molar-refractivity contribution < 1.29 is 31.5 Å². The number of carbonyl (C=O) groups is 1. The van der Waals surface area contributed by atoms with Crippen molar-refractivity contribution >= 4 is 23.3 Å². The maximum atomic E-state index is 14.5. The van der Waals surface area contributed by atoms with Gasteiger partial charge in [-0.1, -0.05) is 30.4 Å². The SMILES string of the molecule is O=C(Nc1ccc(C2CCCCC2)cc1F)c1nnc(Nc2ccc(OC(F)(F)F)cc2)o1. The first kappa shape index (κ1) is 22.6. The first-order valence-corrected chi connectivity index (χ1v) is 10.3. The van der Waals surface area contributed by atoms with Gasteiger partial charge in [-0.2, -0.15) is 0 Å². The van der Waals surface area contributed by atoms with Gasteiger partial charge in [0.1, 0.15) is 11.6 Å². The Labute approximate surface area is 186 Å². The number of nitrogens with zero attached hydrogens (tertiary/aromatic N) is 2. The highest BCUT2D eigenvalue weighted by molar-refractivity contribution is 6.01. The van der Waals surface area contributed by atoms with E-state index in [0.29, 0.717) is 11.6 Å². The van der Waals surface area contributed by atoms with Crippen molar-refractivity contribution in [1.29, 1.82) is 0 Å². The first-order chi connectivity index (χ1) is 15.8. The highest BCUT2D eigenvalue weighted by Crippen LogP contribution is 2.34. The van der Waals surface area contributed by atoms with Crippen LogP contribution in [-0.4, -0.2) is 22.5 Å². The Kier molecular flexibility index (Phi) is 6.47. The summed E-state index contributed by atoms with van der Waals surface area (Å²) in [6.45, 7) is 0. The molecule has 1 fully saturated rings. The van der Waals surface area contributed by atoms with Gasteiger partial charge >= 0.3 is 24.2 Å². The molecule has 7 nitrogen and oxygen atoms in total. The summed E-state index contributed by atoms with van der Waals surface area (Å²) < 4.78 is 60.2. The fraction of sp³-hybridized carbons (Fsp3) is 0.318. The van der Waals surface area contributed by atoms with Crippen LogP contribution in [0.3, 0.4) is 0 Å². The fourth-order valence-corrected chi connectivity index (χ4v) is 3.73. The summed E-state index contributed by atoms with van der Waals surface area (Å²) in [5.74, 6) is -1.82. The molecule has 1 aromatic heterocycles. The number of benzene rings is 2. The second-order valence-corrected chi connectivity index (χ2v) is 7.64. The van der Waals surface area contributed by atoms with E-state index in [2.05, 4.69) is 25.6 Å². The summed E-state index contributed by atoms with van der Waals surface area (Å²) in [7, 11) is 0. The van der Waals surface area contributed by atoms with Crippen LogP contribution in [0.15, 0.2) is 46.9 Å². The molecule has 2 N–H and O–H groups in total. The number of hydrogen-bond acceptors (Lipinski definition) is 6. The lowest BCUT2D eigenvalue weighted by Crippen LogP contribution is -2.16. The normalized spacial score (nSPS) is 14.7. The van der Waals surface area contributed by atoms with Gasteiger partial charge < -0.3 is 19.8 Å². The topological polar surface area (TPSA) is 89.3 Å². The number of anilines is 3. The van der Waals surface area contributed by atoms with Crippen LogP contribution in [0.5, 0.6) is 5.75 Å². The van der Waals surface area contributed by atoms with Crippen molar-refractivity contribution in [3.8, 4) is 5.75 Å². The van der Waals surface area contributed by atoms with Gasteiger partial charge in [0.25, 0.3) is 0 Å². The molecule has 0 spiro atoms. The second kappa shape index (κ2) is 9.47. The standard InChI is InChI=1S/C22H20F4N4O3/c23-17-12-14(13-4-2-1-3-5-13)6-11-18(17)28-19(31)20-29-30-21(32-20)27-15-7-9-16(10-8-15)33-22(24,25)26/h6-13H,1-5H2,(H,27,30)(H,28,31). The van der Waals surface area contributed by atoms with E-state index >= 15 is 0 Å². The lowest BCUT2D eigenvalue weighted by atomic mass is 9.84. The quantitative estimate of drug-likeness (QED) is 0.425. The summed E-state index contributed by atoms with van der Waals surface area (Å²) in [5, 5.41) is 12.3. The van der Waals surface area contributed by atoms with Crippen LogP contribution < -0.4 is 15.4 Å². The summed E-state index contributed by atoms with van der Waals surface area (Å²) in [6, 6.07) is 9.39. The molecule has 0 bridgehead atoms. The number of rotatable bonds is 6. The molecular formula is C22H20F4N4O3. The molecule has 0 aliphatic heterocycles. The van der Waals surface area contributed by atoms with E-state index in [4.69, 9.17) is 4.42 Å². The van der Waals surface area contributed by atoms with Crippen molar-refractivity contribution in [2.75, 3.05) is 10.6 Å². The van der Waals surface area contributed by atoms with Crippen molar-refractivity contribution in [3.05, 3.63) is 59.7 Å². The van der Waals surface area contributed by atoms with Crippen LogP contribution in [0, 0.1) is 5.82 Å². The fourth-order valence-electron chi connectivity index (χ4n) is 3.73. The molecule has 174 valence electrons. The summed E-state index contributed by atoms with van der Waals surface area (Å²) in [4.78, 5) is 12.4. The molecule has 2 aromatic carbocycles. The first-order valence-electron chi connectivity index (χ1n) is 10.3. The summed E-state index contributed by atoms with van der Waals surface area (Å²) in [5.41, 5.74) is 1.23. The van der Waals surface area contributed by atoms with Crippen LogP contribution in [-0.2, 0) is 0 Å². The number of amides is 1. The van der Waals surface area contributed by atoms with Crippen LogP contribution in [0.2, 0.25) is 0 Å². The van der Waals surface area contributed by atoms with E-state index in [9.17, 15) is 22.4 Å². The predicted octanol–water partition coefficient (Wildman–Crippen LogP) is 6.15. The second-order valence-electron chi connectivity index (χ2n) is 7.64. The number of ether oxygens (including phenoxy) is 1. The maximum absolute atomic E-state index is 14.5. The smallest absolute Gasteiger partial charge is 0.406 e. The van der Waals surface area contributed by atoms with Crippen molar-refractivity contribution in [3.63, 3.8) is 0 Å². The molecule has 4 rings (SSSR count). The molecule has 0 unspecified atom stereocenters. The number of nitrogens with one attached hydrogen (secondary N) is 2. The third-order valence-corrected chi connectivity index (χ3v) is 5.28. The van der Waals surface area contributed by atoms with Gasteiger partial charge in [-0.15, -0.1) is 18.3 Å². The Morgan fingerprint density at radius 2 is 1.76 bits per heavy atom. The Hall–Kier alpha value is -3.63. The summed E-state index contributed by atoms with van der Waals surface area (Å²) in [6.07, 6.45) is 0.723. The lowest BCUT2D eigenvalue weighted by molar-refractivity contribution is -0.274. The van der Waals surface area contributed by atoms with Gasteiger partial charge in [-0.05, 0) is 60.7 Å². The average molecular weight is 464 g/mol. The Bertz CT molecular complexity index is 1110. The molecule has 33 heavy (non-hydrogen) atoms. The Morgan fingerprint density at radius 3 is 2.42 bits per heavy atom. The predicted molar refractivity (Wildman–Crippen MR) is 111 cm³/mol. The molecular weight excluding hydrogens is 444 g/mol. The van der Waals surface area contributed by atoms with Gasteiger partial charge in [0.15, 0.2) is 0 Å². The number of halogens is 4. The highest BCUT2D eigenvalue weighted by atomic mass is 19.4. The van der Waals surface area contributed by atoms with E-state index in [1.54, 1.807) is 0 Å². The van der Waals surface area contributed by atoms with Crippen LogP contribution in [0.4, 0.5) is 35.0 Å². The minimum Gasteiger partial charge on any atom is -0.406 e. The van der Waals surface area contributed by atoms with Crippen LogP contribution in [0.25, 0.3) is 0 Å². The zero-order chi connectivity index (χ0) is 23.4. The summed E-state index contributed by atoms with van der Waals surface area (Å²) >= 11 is 0.